The molecule has 7 heteroatoms. The van der Waals surface area contributed by atoms with Crippen molar-refractivity contribution in [2.75, 3.05) is 25.4 Å². The normalized spacial score (nSPS) is 32.9. The Morgan fingerprint density at radius 2 is 2.33 bits per heavy atom. The third-order valence-corrected chi connectivity index (χ3v) is 5.50. The highest BCUT2D eigenvalue weighted by atomic mass is 32.1. The van der Waals surface area contributed by atoms with Gasteiger partial charge in [0, 0.05) is 25.2 Å². The first-order chi connectivity index (χ1) is 10.2. The van der Waals surface area contributed by atoms with E-state index in [1.807, 2.05) is 0 Å². The van der Waals surface area contributed by atoms with Crippen LogP contribution in [0.5, 0.6) is 0 Å². The van der Waals surface area contributed by atoms with E-state index in [4.69, 9.17) is 10.5 Å². The van der Waals surface area contributed by atoms with Crippen molar-refractivity contribution in [1.29, 1.82) is 0 Å². The minimum Gasteiger partial charge on any atom is -0.375 e. The van der Waals surface area contributed by atoms with Crippen molar-refractivity contribution in [2.45, 2.75) is 37.5 Å². The fourth-order valence-corrected chi connectivity index (χ4v) is 3.99. The zero-order valence-corrected chi connectivity index (χ0v) is 12.6. The first kappa shape index (κ1) is 13.5. The summed E-state index contributed by atoms with van der Waals surface area (Å²) in [5, 5.41) is 3.54. The van der Waals surface area contributed by atoms with Crippen LogP contribution in [0, 0.1) is 5.92 Å². The number of rotatable bonds is 3. The number of nitrogens with two attached hydrogens (primary N) is 1. The van der Waals surface area contributed by atoms with Crippen LogP contribution in [-0.4, -0.2) is 53.7 Å². The fourth-order valence-electron chi connectivity index (χ4n) is 3.41. The van der Waals surface area contributed by atoms with Crippen molar-refractivity contribution in [3.63, 3.8) is 0 Å². The maximum absolute atomic E-state index is 12.2. The lowest BCUT2D eigenvalue weighted by atomic mass is 10.1. The summed E-state index contributed by atoms with van der Waals surface area (Å²) in [6.07, 6.45) is 5.56. The summed E-state index contributed by atoms with van der Waals surface area (Å²) in [6.45, 7) is 2.76. The van der Waals surface area contributed by atoms with Gasteiger partial charge in [-0.2, -0.15) is 0 Å². The molecule has 1 aromatic heterocycles. The highest BCUT2D eigenvalue weighted by Gasteiger charge is 2.42. The number of nitrogen functional groups attached to an aromatic ring is 1. The molecule has 1 aromatic rings. The minimum atomic E-state index is -0.0614. The average Bonchev–Trinajstić information content (AvgIpc) is 3.10. The number of nitrogens with one attached hydrogen (secondary N) is 1. The molecule has 0 unspecified atom stereocenters. The summed E-state index contributed by atoms with van der Waals surface area (Å²) in [5.74, 6) is 0.716. The molecule has 0 aromatic carbocycles. The van der Waals surface area contributed by atoms with Gasteiger partial charge in [-0.05, 0) is 25.2 Å². The van der Waals surface area contributed by atoms with E-state index in [1.54, 1.807) is 6.20 Å². The topological polar surface area (TPSA) is 80.5 Å². The Kier molecular flexibility index (Phi) is 3.35. The maximum Gasteiger partial charge on any atom is 0.263 e. The summed E-state index contributed by atoms with van der Waals surface area (Å²) in [6, 6.07) is 0.657. The summed E-state index contributed by atoms with van der Waals surface area (Å²) in [5.41, 5.74) is 5.57. The molecule has 1 saturated carbocycles. The number of ether oxygens (including phenoxy) is 1. The molecule has 0 spiro atoms. The van der Waals surface area contributed by atoms with Gasteiger partial charge in [0.1, 0.15) is 4.88 Å². The lowest BCUT2D eigenvalue weighted by Gasteiger charge is -2.35. The number of nitrogens with zero attached hydrogens (tertiary/aromatic N) is 2. The van der Waals surface area contributed by atoms with Crippen molar-refractivity contribution in [3.05, 3.63) is 11.1 Å². The fraction of sp³-hybridized carbons (Fsp3) is 0.714. The van der Waals surface area contributed by atoms with E-state index in [1.165, 1.54) is 24.2 Å². The molecule has 3 fully saturated rings. The number of thiazole rings is 1. The van der Waals surface area contributed by atoms with Gasteiger partial charge in [-0.1, -0.05) is 11.3 Å². The molecule has 0 bridgehead atoms. The number of anilines is 1. The molecule has 21 heavy (non-hydrogen) atoms. The Bertz CT molecular complexity index is 545. The lowest BCUT2D eigenvalue weighted by molar-refractivity contribution is -0.0581. The second kappa shape index (κ2) is 5.23. The predicted molar refractivity (Wildman–Crippen MR) is 80.2 cm³/mol. The van der Waals surface area contributed by atoms with Crippen molar-refractivity contribution in [2.24, 2.45) is 5.92 Å². The first-order valence-corrected chi connectivity index (χ1v) is 8.38. The summed E-state index contributed by atoms with van der Waals surface area (Å²) >= 11 is 1.23. The molecule has 1 amide bonds. The largest absolute Gasteiger partial charge is 0.375 e. The molecule has 3 atom stereocenters. The number of amides is 1. The van der Waals surface area contributed by atoms with Gasteiger partial charge < -0.3 is 15.8 Å². The van der Waals surface area contributed by atoms with Gasteiger partial charge in [-0.25, -0.2) is 4.98 Å². The number of hydrogen-bond acceptors (Lipinski definition) is 6. The van der Waals surface area contributed by atoms with Crippen LogP contribution in [0.2, 0.25) is 0 Å². The Hall–Kier alpha value is -1.18. The van der Waals surface area contributed by atoms with E-state index in [-0.39, 0.29) is 11.9 Å². The van der Waals surface area contributed by atoms with Crippen LogP contribution < -0.4 is 11.1 Å². The van der Waals surface area contributed by atoms with Gasteiger partial charge in [0.05, 0.1) is 18.9 Å². The monoisotopic (exact) mass is 308 g/mol. The Morgan fingerprint density at radius 3 is 3.05 bits per heavy atom. The number of fused-ring (bicyclic) bond motifs is 1. The van der Waals surface area contributed by atoms with Crippen molar-refractivity contribution in [1.82, 2.24) is 15.2 Å². The second-order valence-electron chi connectivity index (χ2n) is 6.29. The number of carbonyl (C=O) groups excluding carboxylic acids is 1. The lowest BCUT2D eigenvalue weighted by Crippen LogP contribution is -2.47. The minimum absolute atomic E-state index is 0.0614. The summed E-state index contributed by atoms with van der Waals surface area (Å²) in [4.78, 5) is 19.2. The highest BCUT2D eigenvalue weighted by Crippen LogP contribution is 2.37. The average molecular weight is 308 g/mol. The molecule has 2 saturated heterocycles. The summed E-state index contributed by atoms with van der Waals surface area (Å²) in [7, 11) is 0. The molecule has 3 N–H and O–H groups in total. The Balaban J connectivity index is 1.34. The molecule has 2 aliphatic heterocycles. The van der Waals surface area contributed by atoms with Gasteiger partial charge in [0.2, 0.25) is 0 Å². The smallest absolute Gasteiger partial charge is 0.263 e. The van der Waals surface area contributed by atoms with Crippen LogP contribution in [0.4, 0.5) is 5.13 Å². The molecule has 3 aliphatic rings. The number of aromatic nitrogens is 1. The highest BCUT2D eigenvalue weighted by molar-refractivity contribution is 7.17. The van der Waals surface area contributed by atoms with Gasteiger partial charge in [0.25, 0.3) is 5.91 Å². The standard InChI is InChI=1S/C14H20N4O2S/c15-14-16-4-12(21-14)13(19)17-9-3-10-7-20-11(8-1-2-8)6-18(10)5-9/h4,8-11H,1-3,5-7H2,(H2,15,16)(H,17,19)/t9-,10-,11+/m0/s1. The zero-order chi connectivity index (χ0) is 14.4. The van der Waals surface area contributed by atoms with Gasteiger partial charge in [-0.15, -0.1) is 0 Å². The van der Waals surface area contributed by atoms with E-state index < -0.39 is 0 Å². The molecular formula is C14H20N4O2S. The van der Waals surface area contributed by atoms with Crippen LogP contribution in [0.15, 0.2) is 6.20 Å². The molecule has 6 nitrogen and oxygen atoms in total. The quantitative estimate of drug-likeness (QED) is 0.859. The van der Waals surface area contributed by atoms with E-state index in [0.717, 1.165) is 32.0 Å². The molecule has 0 radical (unpaired) electrons. The molecule has 1 aliphatic carbocycles. The first-order valence-electron chi connectivity index (χ1n) is 7.57. The van der Waals surface area contributed by atoms with Crippen LogP contribution in [0.3, 0.4) is 0 Å². The molecule has 4 rings (SSSR count). The molecule has 114 valence electrons. The molecular weight excluding hydrogens is 288 g/mol. The number of hydrogen-bond donors (Lipinski definition) is 2. The van der Waals surface area contributed by atoms with Crippen LogP contribution in [0.25, 0.3) is 0 Å². The predicted octanol–water partition coefficient (Wildman–Crippen LogP) is 0.707. The van der Waals surface area contributed by atoms with Crippen LogP contribution in [0.1, 0.15) is 28.9 Å². The number of morpholine rings is 1. The van der Waals surface area contributed by atoms with E-state index in [0.29, 0.717) is 22.2 Å². The van der Waals surface area contributed by atoms with Gasteiger partial charge >= 0.3 is 0 Å². The zero-order valence-electron chi connectivity index (χ0n) is 11.8. The van der Waals surface area contributed by atoms with Crippen LogP contribution >= 0.6 is 11.3 Å². The van der Waals surface area contributed by atoms with Crippen LogP contribution in [-0.2, 0) is 4.74 Å². The van der Waals surface area contributed by atoms with Gasteiger partial charge in [-0.3, -0.25) is 9.69 Å². The third kappa shape index (κ3) is 2.77. The SMILES string of the molecule is Nc1ncc(C(=O)N[C@H]2C[C@H]3CO[C@@H](C4CC4)CN3C2)s1. The maximum atomic E-state index is 12.2. The Labute approximate surface area is 127 Å². The van der Waals surface area contributed by atoms with Gasteiger partial charge in [0.15, 0.2) is 5.13 Å². The number of carbonyl (C=O) groups is 1. The Morgan fingerprint density at radius 1 is 1.48 bits per heavy atom. The van der Waals surface area contributed by atoms with Crippen molar-refractivity contribution < 1.29 is 9.53 Å². The molecule has 3 heterocycles. The second-order valence-corrected chi connectivity index (χ2v) is 7.35. The summed E-state index contributed by atoms with van der Waals surface area (Å²) < 4.78 is 5.98. The van der Waals surface area contributed by atoms with Crippen molar-refractivity contribution in [3.8, 4) is 0 Å². The van der Waals surface area contributed by atoms with Crippen molar-refractivity contribution >= 4 is 22.4 Å². The van der Waals surface area contributed by atoms with E-state index in [2.05, 4.69) is 15.2 Å². The van der Waals surface area contributed by atoms with E-state index >= 15 is 0 Å². The van der Waals surface area contributed by atoms with E-state index in [9.17, 15) is 4.79 Å². The third-order valence-electron chi connectivity index (χ3n) is 4.68.